The van der Waals surface area contributed by atoms with Crippen LogP contribution in [0.15, 0.2) is 18.2 Å². The molecule has 21 heavy (non-hydrogen) atoms. The number of carboxylic acid groups (broad SMARTS) is 1. The number of alkyl halides is 3. The fourth-order valence-electron chi connectivity index (χ4n) is 2.55. The number of halogens is 3. The van der Waals surface area contributed by atoms with Gasteiger partial charge in [0.1, 0.15) is 5.75 Å². The summed E-state index contributed by atoms with van der Waals surface area (Å²) >= 11 is 0. The van der Waals surface area contributed by atoms with Crippen LogP contribution in [0.25, 0.3) is 0 Å². The number of aliphatic carboxylic acids is 1. The molecule has 1 fully saturated rings. The van der Waals surface area contributed by atoms with Crippen molar-refractivity contribution in [3.05, 3.63) is 29.3 Å². The highest BCUT2D eigenvalue weighted by Gasteiger charge is 2.34. The van der Waals surface area contributed by atoms with Gasteiger partial charge < -0.3 is 10.2 Å². The predicted octanol–water partition coefficient (Wildman–Crippen LogP) is 2.71. The van der Waals surface area contributed by atoms with E-state index in [-0.39, 0.29) is 12.1 Å². The van der Waals surface area contributed by atoms with Crippen molar-refractivity contribution in [3.63, 3.8) is 0 Å². The molecule has 1 aliphatic heterocycles. The summed E-state index contributed by atoms with van der Waals surface area (Å²) in [7, 11) is 0. The average Bonchev–Trinajstić information content (AvgIpc) is 2.40. The van der Waals surface area contributed by atoms with Gasteiger partial charge in [0.25, 0.3) is 0 Å². The molecule has 0 atom stereocenters. The van der Waals surface area contributed by atoms with Crippen LogP contribution in [-0.2, 0) is 17.5 Å². The molecule has 7 heteroatoms. The van der Waals surface area contributed by atoms with Crippen molar-refractivity contribution in [1.29, 1.82) is 0 Å². The second kappa shape index (κ2) is 5.93. The van der Waals surface area contributed by atoms with Gasteiger partial charge >= 0.3 is 12.1 Å². The molecule has 0 aromatic heterocycles. The Balaban J connectivity index is 2.09. The fraction of sp³-hybridized carbons (Fsp3) is 0.500. The summed E-state index contributed by atoms with van der Waals surface area (Å²) in [5.74, 6) is -1.69. The molecule has 1 heterocycles. The standard InChI is InChI=1S/C14H16F3NO3/c15-14(16,17)12-7-11(19)2-1-10(12)8-18-5-3-9(4-6-18)13(20)21/h1-2,7,9,19H,3-6,8H2,(H,20,21). The first kappa shape index (κ1) is 15.6. The lowest BCUT2D eigenvalue weighted by Crippen LogP contribution is -2.36. The van der Waals surface area contributed by atoms with Gasteiger partial charge in [0.05, 0.1) is 11.5 Å². The zero-order chi connectivity index (χ0) is 15.6. The zero-order valence-corrected chi connectivity index (χ0v) is 11.2. The van der Waals surface area contributed by atoms with Crippen molar-refractivity contribution < 1.29 is 28.2 Å². The second-order valence-electron chi connectivity index (χ2n) is 5.23. The molecule has 0 unspecified atom stereocenters. The summed E-state index contributed by atoms with van der Waals surface area (Å²) in [5, 5.41) is 18.1. The van der Waals surface area contributed by atoms with E-state index in [4.69, 9.17) is 5.11 Å². The first-order valence-corrected chi connectivity index (χ1v) is 6.61. The number of benzene rings is 1. The Bertz CT molecular complexity index is 523. The SMILES string of the molecule is O=C(O)C1CCN(Cc2ccc(O)cc2C(F)(F)F)CC1. The van der Waals surface area contributed by atoms with E-state index in [2.05, 4.69) is 0 Å². The highest BCUT2D eigenvalue weighted by molar-refractivity contribution is 5.70. The third kappa shape index (κ3) is 3.87. The summed E-state index contributed by atoms with van der Waals surface area (Å²) in [6.07, 6.45) is -3.64. The van der Waals surface area contributed by atoms with E-state index in [1.165, 1.54) is 12.1 Å². The van der Waals surface area contributed by atoms with Gasteiger partial charge in [-0.05, 0) is 43.6 Å². The Kier molecular flexibility index (Phi) is 4.41. The number of likely N-dealkylation sites (tertiary alicyclic amines) is 1. The van der Waals surface area contributed by atoms with E-state index in [1.54, 1.807) is 4.90 Å². The molecule has 0 saturated carbocycles. The van der Waals surface area contributed by atoms with Gasteiger partial charge in [0, 0.05) is 6.54 Å². The van der Waals surface area contributed by atoms with Crippen LogP contribution in [0.1, 0.15) is 24.0 Å². The number of piperidine rings is 1. The highest BCUT2D eigenvalue weighted by Crippen LogP contribution is 2.35. The molecular formula is C14H16F3NO3. The topological polar surface area (TPSA) is 60.8 Å². The lowest BCUT2D eigenvalue weighted by molar-refractivity contribution is -0.143. The highest BCUT2D eigenvalue weighted by atomic mass is 19.4. The zero-order valence-electron chi connectivity index (χ0n) is 11.2. The Morgan fingerprint density at radius 1 is 1.29 bits per heavy atom. The van der Waals surface area contributed by atoms with Crippen molar-refractivity contribution >= 4 is 5.97 Å². The van der Waals surface area contributed by atoms with Crippen molar-refractivity contribution in [2.75, 3.05) is 13.1 Å². The third-order valence-electron chi connectivity index (χ3n) is 3.73. The summed E-state index contributed by atoms with van der Waals surface area (Å²) < 4.78 is 38.8. The summed E-state index contributed by atoms with van der Waals surface area (Å²) in [6, 6.07) is 3.22. The van der Waals surface area contributed by atoms with Gasteiger partial charge in [0.2, 0.25) is 0 Å². The molecule has 1 saturated heterocycles. The number of carboxylic acids is 1. The van der Waals surface area contributed by atoms with Crippen LogP contribution in [0.4, 0.5) is 13.2 Å². The summed E-state index contributed by atoms with van der Waals surface area (Å²) in [6.45, 7) is 1.01. The van der Waals surface area contributed by atoms with Crippen molar-refractivity contribution in [2.24, 2.45) is 5.92 Å². The largest absolute Gasteiger partial charge is 0.508 e. The minimum atomic E-state index is -4.52. The maximum atomic E-state index is 12.9. The molecule has 4 nitrogen and oxygen atoms in total. The van der Waals surface area contributed by atoms with Gasteiger partial charge in [-0.15, -0.1) is 0 Å². The van der Waals surface area contributed by atoms with Gasteiger partial charge in [-0.3, -0.25) is 9.69 Å². The van der Waals surface area contributed by atoms with Crippen LogP contribution in [-0.4, -0.2) is 34.2 Å². The summed E-state index contributed by atoms with van der Waals surface area (Å²) in [4.78, 5) is 12.7. The van der Waals surface area contributed by atoms with Crippen LogP contribution < -0.4 is 0 Å². The van der Waals surface area contributed by atoms with E-state index < -0.39 is 29.4 Å². The number of nitrogens with zero attached hydrogens (tertiary/aromatic N) is 1. The van der Waals surface area contributed by atoms with Gasteiger partial charge in [0.15, 0.2) is 0 Å². The first-order valence-electron chi connectivity index (χ1n) is 6.61. The maximum absolute atomic E-state index is 12.9. The van der Waals surface area contributed by atoms with Crippen molar-refractivity contribution in [3.8, 4) is 5.75 Å². The normalized spacial score (nSPS) is 17.9. The molecule has 1 aromatic carbocycles. The Morgan fingerprint density at radius 3 is 2.43 bits per heavy atom. The third-order valence-corrected chi connectivity index (χ3v) is 3.73. The summed E-state index contributed by atoms with van der Waals surface area (Å²) in [5.41, 5.74) is -0.753. The number of rotatable bonds is 3. The first-order chi connectivity index (χ1) is 9.77. The molecular weight excluding hydrogens is 287 g/mol. The molecule has 0 aliphatic carbocycles. The number of aromatic hydroxyl groups is 1. The smallest absolute Gasteiger partial charge is 0.416 e. The molecule has 2 N–H and O–H groups in total. The van der Waals surface area contributed by atoms with E-state index in [0.717, 1.165) is 6.07 Å². The van der Waals surface area contributed by atoms with E-state index in [9.17, 15) is 23.1 Å². The van der Waals surface area contributed by atoms with E-state index in [0.29, 0.717) is 25.9 Å². The Hall–Kier alpha value is -1.76. The molecule has 2 rings (SSSR count). The van der Waals surface area contributed by atoms with Crippen molar-refractivity contribution in [1.82, 2.24) is 4.90 Å². The number of phenols is 1. The lowest BCUT2D eigenvalue weighted by atomic mass is 9.96. The minimum Gasteiger partial charge on any atom is -0.508 e. The lowest BCUT2D eigenvalue weighted by Gasteiger charge is -2.30. The van der Waals surface area contributed by atoms with Crippen LogP contribution in [0.5, 0.6) is 5.75 Å². The van der Waals surface area contributed by atoms with Crippen LogP contribution >= 0.6 is 0 Å². The average molecular weight is 303 g/mol. The van der Waals surface area contributed by atoms with Crippen molar-refractivity contribution in [2.45, 2.75) is 25.6 Å². The molecule has 0 radical (unpaired) electrons. The second-order valence-corrected chi connectivity index (χ2v) is 5.23. The van der Waals surface area contributed by atoms with Gasteiger partial charge in [-0.2, -0.15) is 13.2 Å². The predicted molar refractivity (Wildman–Crippen MR) is 68.7 cm³/mol. The van der Waals surface area contributed by atoms with E-state index >= 15 is 0 Å². The number of hydrogen-bond donors (Lipinski definition) is 2. The fourth-order valence-corrected chi connectivity index (χ4v) is 2.55. The molecule has 1 aliphatic rings. The van der Waals surface area contributed by atoms with Gasteiger partial charge in [-0.1, -0.05) is 6.07 Å². The molecule has 0 spiro atoms. The molecule has 0 bridgehead atoms. The number of phenolic OH excluding ortho intramolecular Hbond substituents is 1. The minimum absolute atomic E-state index is 0.0917. The van der Waals surface area contributed by atoms with E-state index in [1.807, 2.05) is 0 Å². The molecule has 0 amide bonds. The maximum Gasteiger partial charge on any atom is 0.416 e. The number of carbonyl (C=O) groups is 1. The van der Waals surface area contributed by atoms with Gasteiger partial charge in [-0.25, -0.2) is 0 Å². The number of hydrogen-bond acceptors (Lipinski definition) is 3. The molecule has 1 aromatic rings. The van der Waals surface area contributed by atoms with Crippen LogP contribution in [0.3, 0.4) is 0 Å². The van der Waals surface area contributed by atoms with Crippen LogP contribution in [0.2, 0.25) is 0 Å². The molecule has 116 valence electrons. The van der Waals surface area contributed by atoms with Crippen LogP contribution in [0, 0.1) is 5.92 Å². The quantitative estimate of drug-likeness (QED) is 0.901. The Morgan fingerprint density at radius 2 is 1.90 bits per heavy atom. The monoisotopic (exact) mass is 303 g/mol. The Labute approximate surface area is 119 Å².